The maximum atomic E-state index is 11.0. The molecule has 2 saturated carbocycles. The summed E-state index contributed by atoms with van der Waals surface area (Å²) in [5.74, 6) is -0.245. The summed E-state index contributed by atoms with van der Waals surface area (Å²) in [6.45, 7) is 6.75. The van der Waals surface area contributed by atoms with E-state index in [1.54, 1.807) is 0 Å². The van der Waals surface area contributed by atoms with E-state index in [4.69, 9.17) is 5.11 Å². The molecule has 1 N–H and O–H groups in total. The summed E-state index contributed by atoms with van der Waals surface area (Å²) in [5, 5.41) is 9.08. The Labute approximate surface area is 79.3 Å². The van der Waals surface area contributed by atoms with Gasteiger partial charge in [0.2, 0.25) is 0 Å². The Morgan fingerprint density at radius 2 is 2.00 bits per heavy atom. The number of aliphatic carboxylic acids is 1. The molecule has 0 aromatic heterocycles. The first-order chi connectivity index (χ1) is 5.88. The first-order valence-electron chi connectivity index (χ1n) is 5.11. The molecule has 0 radical (unpaired) electrons. The molecular formula is C11H18O2. The summed E-state index contributed by atoms with van der Waals surface area (Å²) < 4.78 is 0. The number of carboxylic acid groups (broad SMARTS) is 1. The summed E-state index contributed by atoms with van der Waals surface area (Å²) in [6, 6.07) is 0. The van der Waals surface area contributed by atoms with Crippen LogP contribution in [-0.4, -0.2) is 11.1 Å². The minimum atomic E-state index is -0.582. The summed E-state index contributed by atoms with van der Waals surface area (Å²) >= 11 is 0. The molecule has 74 valence electrons. The van der Waals surface area contributed by atoms with Gasteiger partial charge in [0, 0.05) is 0 Å². The quantitative estimate of drug-likeness (QED) is 0.676. The normalized spacial score (nSPS) is 46.7. The van der Waals surface area contributed by atoms with E-state index in [1.807, 2.05) is 0 Å². The van der Waals surface area contributed by atoms with Gasteiger partial charge in [0.05, 0.1) is 5.92 Å². The van der Waals surface area contributed by atoms with Crippen molar-refractivity contribution in [3.8, 4) is 0 Å². The van der Waals surface area contributed by atoms with Crippen LogP contribution in [0.2, 0.25) is 0 Å². The van der Waals surface area contributed by atoms with Gasteiger partial charge < -0.3 is 5.11 Å². The van der Waals surface area contributed by atoms with E-state index in [-0.39, 0.29) is 16.7 Å². The zero-order valence-electron chi connectivity index (χ0n) is 8.63. The Hall–Kier alpha value is -0.530. The number of hydrogen-bond acceptors (Lipinski definition) is 1. The number of carboxylic acids is 1. The standard InChI is InChI=1S/C11H18O2/c1-10(2)8-4-5-11(10,3)6-7(8)9(12)13/h7-8H,4-6H2,1-3H3,(H,12,13)/t7-,8-,11+/m0/s1. The van der Waals surface area contributed by atoms with Crippen molar-refractivity contribution in [2.75, 3.05) is 0 Å². The molecule has 0 saturated heterocycles. The van der Waals surface area contributed by atoms with Gasteiger partial charge in [-0.3, -0.25) is 4.79 Å². The molecule has 0 amide bonds. The fraction of sp³-hybridized carbons (Fsp3) is 0.909. The number of hydrogen-bond donors (Lipinski definition) is 1. The molecule has 0 spiro atoms. The van der Waals surface area contributed by atoms with E-state index >= 15 is 0 Å². The first kappa shape index (κ1) is 9.04. The average Bonchev–Trinajstić information content (AvgIpc) is 2.34. The summed E-state index contributed by atoms with van der Waals surface area (Å²) in [7, 11) is 0. The monoisotopic (exact) mass is 182 g/mol. The fourth-order valence-electron chi connectivity index (χ4n) is 3.56. The van der Waals surface area contributed by atoms with E-state index < -0.39 is 5.97 Å². The van der Waals surface area contributed by atoms with E-state index in [0.29, 0.717) is 5.92 Å². The SMILES string of the molecule is CC1(C)[C@H]2CC[C@]1(C)C[C@@H]2C(=O)O. The van der Waals surface area contributed by atoms with Crippen LogP contribution in [0.3, 0.4) is 0 Å². The molecule has 0 aliphatic heterocycles. The number of fused-ring (bicyclic) bond motifs is 2. The predicted octanol–water partition coefficient (Wildman–Crippen LogP) is 2.53. The van der Waals surface area contributed by atoms with E-state index in [9.17, 15) is 4.79 Å². The Kier molecular flexibility index (Phi) is 1.59. The molecule has 2 rings (SSSR count). The second kappa shape index (κ2) is 2.28. The minimum absolute atomic E-state index is 0.0752. The van der Waals surface area contributed by atoms with E-state index in [0.717, 1.165) is 12.8 Å². The second-order valence-electron chi connectivity index (χ2n) is 5.58. The summed E-state index contributed by atoms with van der Waals surface area (Å²) in [5.41, 5.74) is 0.511. The Morgan fingerprint density at radius 3 is 2.23 bits per heavy atom. The first-order valence-corrected chi connectivity index (χ1v) is 5.11. The van der Waals surface area contributed by atoms with Gasteiger partial charge in [0.1, 0.15) is 0 Å². The lowest BCUT2D eigenvalue weighted by Gasteiger charge is -2.34. The van der Waals surface area contributed by atoms with Crippen molar-refractivity contribution in [3.05, 3.63) is 0 Å². The minimum Gasteiger partial charge on any atom is -0.481 e. The van der Waals surface area contributed by atoms with Crippen molar-refractivity contribution in [1.29, 1.82) is 0 Å². The number of rotatable bonds is 1. The zero-order valence-corrected chi connectivity index (χ0v) is 8.63. The molecule has 2 bridgehead atoms. The molecule has 0 heterocycles. The second-order valence-corrected chi connectivity index (χ2v) is 5.58. The smallest absolute Gasteiger partial charge is 0.306 e. The van der Waals surface area contributed by atoms with Crippen LogP contribution in [0.5, 0.6) is 0 Å². The molecule has 0 aromatic carbocycles. The van der Waals surface area contributed by atoms with Crippen LogP contribution in [0.4, 0.5) is 0 Å². The molecule has 2 nitrogen and oxygen atoms in total. The Balaban J connectivity index is 2.34. The highest BCUT2D eigenvalue weighted by Gasteiger charge is 2.62. The molecule has 2 fully saturated rings. The van der Waals surface area contributed by atoms with Gasteiger partial charge in [-0.25, -0.2) is 0 Å². The molecule has 13 heavy (non-hydrogen) atoms. The third-order valence-corrected chi connectivity index (χ3v) is 4.96. The van der Waals surface area contributed by atoms with Gasteiger partial charge in [0.25, 0.3) is 0 Å². The van der Waals surface area contributed by atoms with Crippen LogP contribution in [0.1, 0.15) is 40.0 Å². The van der Waals surface area contributed by atoms with Crippen LogP contribution in [0.25, 0.3) is 0 Å². The largest absolute Gasteiger partial charge is 0.481 e. The van der Waals surface area contributed by atoms with Crippen molar-refractivity contribution < 1.29 is 9.90 Å². The average molecular weight is 182 g/mol. The molecule has 3 atom stereocenters. The predicted molar refractivity (Wildman–Crippen MR) is 50.4 cm³/mol. The van der Waals surface area contributed by atoms with Gasteiger partial charge in [-0.2, -0.15) is 0 Å². The molecule has 2 aliphatic carbocycles. The van der Waals surface area contributed by atoms with Crippen molar-refractivity contribution >= 4 is 5.97 Å². The van der Waals surface area contributed by atoms with Gasteiger partial charge in [-0.1, -0.05) is 20.8 Å². The lowest BCUT2D eigenvalue weighted by atomic mass is 9.71. The van der Waals surface area contributed by atoms with Gasteiger partial charge in [-0.15, -0.1) is 0 Å². The highest BCUT2D eigenvalue weighted by atomic mass is 16.4. The van der Waals surface area contributed by atoms with Crippen LogP contribution in [0.15, 0.2) is 0 Å². The maximum Gasteiger partial charge on any atom is 0.306 e. The van der Waals surface area contributed by atoms with Crippen molar-refractivity contribution in [2.45, 2.75) is 40.0 Å². The van der Waals surface area contributed by atoms with Crippen LogP contribution >= 0.6 is 0 Å². The highest BCUT2D eigenvalue weighted by Crippen LogP contribution is 2.67. The van der Waals surface area contributed by atoms with Crippen LogP contribution in [0, 0.1) is 22.7 Å². The van der Waals surface area contributed by atoms with Crippen LogP contribution < -0.4 is 0 Å². The third kappa shape index (κ3) is 0.918. The van der Waals surface area contributed by atoms with Crippen LogP contribution in [-0.2, 0) is 4.79 Å². The fourth-order valence-corrected chi connectivity index (χ4v) is 3.56. The van der Waals surface area contributed by atoms with Crippen molar-refractivity contribution in [1.82, 2.24) is 0 Å². The summed E-state index contributed by atoms with van der Waals surface area (Å²) in [6.07, 6.45) is 3.22. The van der Waals surface area contributed by atoms with Gasteiger partial charge in [0.15, 0.2) is 0 Å². The third-order valence-electron chi connectivity index (χ3n) is 4.96. The molecular weight excluding hydrogens is 164 g/mol. The van der Waals surface area contributed by atoms with Crippen molar-refractivity contribution in [3.63, 3.8) is 0 Å². The summed E-state index contributed by atoms with van der Waals surface area (Å²) in [4.78, 5) is 11.0. The topological polar surface area (TPSA) is 37.3 Å². The Bertz CT molecular complexity index is 254. The van der Waals surface area contributed by atoms with Gasteiger partial charge in [-0.05, 0) is 36.0 Å². The van der Waals surface area contributed by atoms with E-state index in [1.165, 1.54) is 6.42 Å². The lowest BCUT2D eigenvalue weighted by Crippen LogP contribution is -2.26. The molecule has 0 aromatic rings. The molecule has 2 heteroatoms. The molecule has 0 unspecified atom stereocenters. The Morgan fingerprint density at radius 1 is 1.38 bits per heavy atom. The van der Waals surface area contributed by atoms with E-state index in [2.05, 4.69) is 20.8 Å². The zero-order chi connectivity index (χ0) is 9.85. The van der Waals surface area contributed by atoms with Gasteiger partial charge >= 0.3 is 5.97 Å². The van der Waals surface area contributed by atoms with Crippen molar-refractivity contribution in [2.24, 2.45) is 22.7 Å². The number of carbonyl (C=O) groups is 1. The lowest BCUT2D eigenvalue weighted by molar-refractivity contribution is -0.144. The molecule has 2 aliphatic rings. The maximum absolute atomic E-state index is 11.0. The highest BCUT2D eigenvalue weighted by molar-refractivity contribution is 5.71.